The van der Waals surface area contributed by atoms with E-state index in [4.69, 9.17) is 0 Å². The predicted octanol–water partition coefficient (Wildman–Crippen LogP) is 1.47. The zero-order valence-electron chi connectivity index (χ0n) is 15.1. The van der Waals surface area contributed by atoms with E-state index in [-0.39, 0.29) is 0 Å². The summed E-state index contributed by atoms with van der Waals surface area (Å²) in [7, 11) is 0. The van der Waals surface area contributed by atoms with Crippen molar-refractivity contribution in [2.24, 2.45) is 0 Å². The Morgan fingerprint density at radius 2 is 1.85 bits per heavy atom. The van der Waals surface area contributed by atoms with Crippen molar-refractivity contribution in [2.45, 2.75) is 51.3 Å². The summed E-state index contributed by atoms with van der Waals surface area (Å²) in [6.07, 6.45) is -0.175. The second-order valence-corrected chi connectivity index (χ2v) is 6.46. The number of urea groups is 1. The molecule has 2 atom stereocenters. The van der Waals surface area contributed by atoms with Gasteiger partial charge in [-0.2, -0.15) is 0 Å². The van der Waals surface area contributed by atoms with Gasteiger partial charge < -0.3 is 15.7 Å². The summed E-state index contributed by atoms with van der Waals surface area (Å²) < 4.78 is 13.0. The highest BCUT2D eigenvalue weighted by Crippen LogP contribution is 2.24. The lowest BCUT2D eigenvalue weighted by Crippen LogP contribution is -2.47. The maximum atomic E-state index is 13.0. The van der Waals surface area contributed by atoms with E-state index in [1.165, 1.54) is 24.3 Å². The number of aliphatic hydroxyl groups excluding tert-OH is 1. The van der Waals surface area contributed by atoms with Gasteiger partial charge in [0.2, 0.25) is 5.91 Å². The van der Waals surface area contributed by atoms with Gasteiger partial charge in [-0.25, -0.2) is 9.18 Å². The fraction of sp³-hybridized carbons (Fsp3) is 0.500. The van der Waals surface area contributed by atoms with Crippen LogP contribution in [0.2, 0.25) is 0 Å². The van der Waals surface area contributed by atoms with Crippen molar-refractivity contribution in [2.75, 3.05) is 6.54 Å². The molecule has 1 saturated heterocycles. The van der Waals surface area contributed by atoms with Gasteiger partial charge in [0.05, 0.1) is 12.1 Å². The summed E-state index contributed by atoms with van der Waals surface area (Å²) in [4.78, 5) is 37.7. The van der Waals surface area contributed by atoms with Crippen LogP contribution in [0, 0.1) is 5.82 Å². The van der Waals surface area contributed by atoms with Gasteiger partial charge in [-0.1, -0.05) is 26.0 Å². The summed E-state index contributed by atoms with van der Waals surface area (Å²) in [5.74, 6) is -1.41. The molecule has 0 aliphatic carbocycles. The zero-order chi connectivity index (χ0) is 19.5. The smallest absolute Gasteiger partial charge is 0.325 e. The van der Waals surface area contributed by atoms with Crippen LogP contribution in [-0.4, -0.2) is 46.0 Å². The number of hydrogen-bond donors (Lipinski definition) is 3. The highest BCUT2D eigenvalue weighted by atomic mass is 19.1. The van der Waals surface area contributed by atoms with Crippen LogP contribution in [0.25, 0.3) is 0 Å². The van der Waals surface area contributed by atoms with E-state index in [0.717, 1.165) is 4.90 Å². The van der Waals surface area contributed by atoms with Gasteiger partial charge in [0, 0.05) is 0 Å². The molecule has 1 fully saturated rings. The molecule has 2 rings (SSSR count). The number of aliphatic hydroxyl groups is 1. The Bertz CT molecular complexity index is 688. The van der Waals surface area contributed by atoms with Gasteiger partial charge in [0.15, 0.2) is 0 Å². The number of nitrogens with one attached hydrogen (secondary N) is 2. The normalized spacial score (nSPS) is 18.4. The molecule has 0 spiro atoms. The van der Waals surface area contributed by atoms with Gasteiger partial charge in [-0.05, 0) is 37.5 Å². The first-order valence-electron chi connectivity index (χ1n) is 8.61. The van der Waals surface area contributed by atoms with Gasteiger partial charge >= 0.3 is 6.03 Å². The number of halogens is 1. The minimum absolute atomic E-state index is 0.422. The van der Waals surface area contributed by atoms with Crippen molar-refractivity contribution in [3.8, 4) is 0 Å². The summed E-state index contributed by atoms with van der Waals surface area (Å²) in [6.45, 7) is 4.76. The minimum Gasteiger partial charge on any atom is -0.386 e. The molecule has 1 aromatic rings. The van der Waals surface area contributed by atoms with E-state index >= 15 is 0 Å². The third-order valence-corrected chi connectivity index (χ3v) is 4.83. The third-order valence-electron chi connectivity index (χ3n) is 4.83. The molecule has 8 heteroatoms. The Morgan fingerprint density at radius 1 is 1.27 bits per heavy atom. The second kappa shape index (κ2) is 7.82. The van der Waals surface area contributed by atoms with Crippen molar-refractivity contribution in [3.05, 3.63) is 35.6 Å². The molecule has 0 aromatic heterocycles. The molecular formula is C18H24FN3O4. The van der Waals surface area contributed by atoms with E-state index in [1.54, 1.807) is 20.8 Å². The topological polar surface area (TPSA) is 98.7 Å². The van der Waals surface area contributed by atoms with E-state index in [1.807, 2.05) is 0 Å². The molecule has 1 aliphatic rings. The van der Waals surface area contributed by atoms with Crippen LogP contribution in [-0.2, 0) is 9.59 Å². The number of imide groups is 1. The van der Waals surface area contributed by atoms with Crippen LogP contribution >= 0.6 is 0 Å². The number of carbonyl (C=O) groups excluding carboxylic acids is 3. The van der Waals surface area contributed by atoms with Crippen molar-refractivity contribution in [1.82, 2.24) is 15.5 Å². The highest BCUT2D eigenvalue weighted by Gasteiger charge is 2.49. The average molecular weight is 365 g/mol. The maximum absolute atomic E-state index is 13.0. The molecular weight excluding hydrogens is 341 g/mol. The first-order chi connectivity index (χ1) is 12.2. The van der Waals surface area contributed by atoms with Gasteiger partial charge in [0.25, 0.3) is 5.91 Å². The lowest BCUT2D eigenvalue weighted by atomic mass is 9.93. The highest BCUT2D eigenvalue weighted by molar-refractivity contribution is 6.09. The Kier molecular flexibility index (Phi) is 5.97. The molecule has 1 heterocycles. The number of hydrogen-bond acceptors (Lipinski definition) is 4. The standard InChI is InChI=1S/C18H24FN3O4/c1-4-18(5-2)16(25)22(17(26)21-18)10-14(23)20-11(3)15(24)12-6-8-13(19)9-7-12/h6-9,11,15,24H,4-5,10H2,1-3H3,(H,20,23)(H,21,26). The van der Waals surface area contributed by atoms with Crippen molar-refractivity contribution in [3.63, 3.8) is 0 Å². The predicted molar refractivity (Wildman–Crippen MR) is 92.5 cm³/mol. The quantitative estimate of drug-likeness (QED) is 0.637. The van der Waals surface area contributed by atoms with Gasteiger partial charge in [-0.15, -0.1) is 0 Å². The van der Waals surface area contributed by atoms with Crippen LogP contribution in [0.1, 0.15) is 45.3 Å². The first kappa shape index (κ1) is 19.8. The summed E-state index contributed by atoms with van der Waals surface area (Å²) in [5.41, 5.74) is -0.512. The van der Waals surface area contributed by atoms with Crippen LogP contribution in [0.3, 0.4) is 0 Å². The number of nitrogens with zero attached hydrogens (tertiary/aromatic N) is 1. The second-order valence-electron chi connectivity index (χ2n) is 6.46. The summed E-state index contributed by atoms with van der Waals surface area (Å²) >= 11 is 0. The Hall–Kier alpha value is -2.48. The number of rotatable bonds is 7. The molecule has 0 radical (unpaired) electrons. The fourth-order valence-corrected chi connectivity index (χ4v) is 3.02. The molecule has 2 unspecified atom stereocenters. The van der Waals surface area contributed by atoms with Crippen LogP contribution in [0.15, 0.2) is 24.3 Å². The monoisotopic (exact) mass is 365 g/mol. The van der Waals surface area contributed by atoms with Crippen molar-refractivity contribution >= 4 is 17.8 Å². The summed E-state index contributed by atoms with van der Waals surface area (Å²) in [5, 5.41) is 15.5. The van der Waals surface area contributed by atoms with Crippen molar-refractivity contribution < 1.29 is 23.9 Å². The fourth-order valence-electron chi connectivity index (χ4n) is 3.02. The van der Waals surface area contributed by atoms with E-state index in [2.05, 4.69) is 10.6 Å². The Balaban J connectivity index is 1.98. The Morgan fingerprint density at radius 3 is 2.35 bits per heavy atom. The molecule has 1 aliphatic heterocycles. The van der Waals surface area contributed by atoms with Gasteiger partial charge in [0.1, 0.15) is 17.9 Å². The van der Waals surface area contributed by atoms with Crippen LogP contribution in [0.5, 0.6) is 0 Å². The van der Waals surface area contributed by atoms with E-state index in [9.17, 15) is 23.9 Å². The first-order valence-corrected chi connectivity index (χ1v) is 8.61. The van der Waals surface area contributed by atoms with Crippen LogP contribution in [0.4, 0.5) is 9.18 Å². The summed E-state index contributed by atoms with van der Waals surface area (Å²) in [6, 6.07) is 4.01. The average Bonchev–Trinajstić information content (AvgIpc) is 2.86. The largest absolute Gasteiger partial charge is 0.386 e. The minimum atomic E-state index is -1.05. The van der Waals surface area contributed by atoms with Crippen LogP contribution < -0.4 is 10.6 Å². The van der Waals surface area contributed by atoms with Crippen molar-refractivity contribution in [1.29, 1.82) is 0 Å². The van der Waals surface area contributed by atoms with E-state index in [0.29, 0.717) is 18.4 Å². The lowest BCUT2D eigenvalue weighted by molar-refractivity contribution is -0.135. The number of amides is 4. The lowest BCUT2D eigenvalue weighted by Gasteiger charge is -2.24. The third kappa shape index (κ3) is 3.85. The zero-order valence-corrected chi connectivity index (χ0v) is 15.1. The molecule has 1 aromatic carbocycles. The number of benzene rings is 1. The molecule has 4 amide bonds. The molecule has 0 saturated carbocycles. The molecule has 7 nitrogen and oxygen atoms in total. The number of carbonyl (C=O) groups is 3. The molecule has 26 heavy (non-hydrogen) atoms. The Labute approximate surface area is 151 Å². The van der Waals surface area contributed by atoms with E-state index < -0.39 is 47.9 Å². The maximum Gasteiger partial charge on any atom is 0.325 e. The molecule has 3 N–H and O–H groups in total. The molecule has 0 bridgehead atoms. The molecule has 142 valence electrons. The van der Waals surface area contributed by atoms with Gasteiger partial charge in [-0.3, -0.25) is 14.5 Å². The SMILES string of the molecule is CCC1(CC)NC(=O)N(CC(=O)NC(C)C(O)c2ccc(F)cc2)C1=O.